The number of aromatic nitrogens is 2. The Morgan fingerprint density at radius 2 is 2.31 bits per heavy atom. The van der Waals surface area contributed by atoms with Crippen molar-refractivity contribution in [2.75, 3.05) is 31.7 Å². The number of aryl methyl sites for hydroxylation is 1. The first-order valence-corrected chi connectivity index (χ1v) is 5.85. The quantitative estimate of drug-likeness (QED) is 0.778. The Bertz CT molecular complexity index is 320. The highest BCUT2D eigenvalue weighted by Gasteiger charge is 2.16. The molecular formula is C12H19N3O. The molecule has 1 aromatic heterocycles. The molecule has 2 rings (SSSR count). The van der Waals surface area contributed by atoms with Crippen LogP contribution >= 0.6 is 0 Å². The molecule has 0 radical (unpaired) electrons. The van der Waals surface area contributed by atoms with E-state index in [1.54, 1.807) is 0 Å². The van der Waals surface area contributed by atoms with Crippen molar-refractivity contribution in [2.45, 2.75) is 19.8 Å². The van der Waals surface area contributed by atoms with Gasteiger partial charge in [-0.15, -0.1) is 5.10 Å². The Kier molecular flexibility index (Phi) is 3.72. The van der Waals surface area contributed by atoms with Crippen molar-refractivity contribution in [3.8, 4) is 0 Å². The largest absolute Gasteiger partial charge is 0.381 e. The van der Waals surface area contributed by atoms with Gasteiger partial charge in [-0.05, 0) is 37.8 Å². The molecule has 1 fully saturated rings. The van der Waals surface area contributed by atoms with Crippen molar-refractivity contribution in [2.24, 2.45) is 5.92 Å². The summed E-state index contributed by atoms with van der Waals surface area (Å²) in [4.78, 5) is 2.16. The minimum absolute atomic E-state index is 0.627. The van der Waals surface area contributed by atoms with Gasteiger partial charge in [0.05, 0.1) is 12.3 Å². The third-order valence-corrected chi connectivity index (χ3v) is 2.96. The fourth-order valence-corrected chi connectivity index (χ4v) is 2.03. The van der Waals surface area contributed by atoms with Crippen LogP contribution in [-0.4, -0.2) is 37.0 Å². The van der Waals surface area contributed by atoms with E-state index in [0.717, 1.165) is 31.3 Å². The van der Waals surface area contributed by atoms with Gasteiger partial charge in [0.2, 0.25) is 0 Å². The minimum atomic E-state index is 0.627. The number of hydrogen-bond acceptors (Lipinski definition) is 4. The SMILES string of the molecule is Cc1ccc(N(C)CC2CCCOC2)nn1. The highest BCUT2D eigenvalue weighted by molar-refractivity contribution is 5.35. The molecule has 1 aliphatic heterocycles. The molecule has 88 valence electrons. The lowest BCUT2D eigenvalue weighted by Gasteiger charge is -2.27. The van der Waals surface area contributed by atoms with Crippen LogP contribution in [0.2, 0.25) is 0 Å². The van der Waals surface area contributed by atoms with E-state index in [-0.39, 0.29) is 0 Å². The molecule has 4 heteroatoms. The molecule has 0 aliphatic carbocycles. The standard InChI is InChI=1S/C12H19N3O/c1-10-5-6-12(14-13-10)15(2)8-11-4-3-7-16-9-11/h5-6,11H,3-4,7-9H2,1-2H3. The molecule has 2 heterocycles. The van der Waals surface area contributed by atoms with E-state index in [4.69, 9.17) is 4.74 Å². The first kappa shape index (κ1) is 11.3. The summed E-state index contributed by atoms with van der Waals surface area (Å²) in [5.41, 5.74) is 0.957. The molecule has 0 N–H and O–H groups in total. The van der Waals surface area contributed by atoms with Crippen LogP contribution in [-0.2, 0) is 4.74 Å². The number of hydrogen-bond donors (Lipinski definition) is 0. The van der Waals surface area contributed by atoms with Crippen molar-refractivity contribution in [3.63, 3.8) is 0 Å². The van der Waals surface area contributed by atoms with Crippen LogP contribution < -0.4 is 4.90 Å². The zero-order chi connectivity index (χ0) is 11.4. The minimum Gasteiger partial charge on any atom is -0.381 e. The summed E-state index contributed by atoms with van der Waals surface area (Å²) in [5, 5.41) is 8.25. The molecular weight excluding hydrogens is 202 g/mol. The van der Waals surface area contributed by atoms with Gasteiger partial charge in [0.15, 0.2) is 5.82 Å². The van der Waals surface area contributed by atoms with E-state index in [9.17, 15) is 0 Å². The molecule has 0 bridgehead atoms. The molecule has 4 nitrogen and oxygen atoms in total. The maximum atomic E-state index is 5.48. The van der Waals surface area contributed by atoms with Gasteiger partial charge in [0.1, 0.15) is 0 Å². The molecule has 16 heavy (non-hydrogen) atoms. The van der Waals surface area contributed by atoms with Crippen LogP contribution in [0, 0.1) is 12.8 Å². The molecule has 1 aliphatic rings. The van der Waals surface area contributed by atoms with Crippen LogP contribution in [0.3, 0.4) is 0 Å². The van der Waals surface area contributed by atoms with Crippen LogP contribution in [0.1, 0.15) is 18.5 Å². The Morgan fingerprint density at radius 1 is 1.44 bits per heavy atom. The van der Waals surface area contributed by atoms with E-state index in [2.05, 4.69) is 22.1 Å². The maximum absolute atomic E-state index is 5.48. The lowest BCUT2D eigenvalue weighted by atomic mass is 10.0. The van der Waals surface area contributed by atoms with Gasteiger partial charge < -0.3 is 9.64 Å². The van der Waals surface area contributed by atoms with Crippen LogP contribution in [0.25, 0.3) is 0 Å². The summed E-state index contributed by atoms with van der Waals surface area (Å²) in [5.74, 6) is 1.57. The first-order valence-electron chi connectivity index (χ1n) is 5.85. The first-order chi connectivity index (χ1) is 7.75. The van der Waals surface area contributed by atoms with Crippen molar-refractivity contribution in [1.29, 1.82) is 0 Å². The Labute approximate surface area is 96.6 Å². The predicted molar refractivity (Wildman–Crippen MR) is 63.6 cm³/mol. The molecule has 1 saturated heterocycles. The smallest absolute Gasteiger partial charge is 0.150 e. The maximum Gasteiger partial charge on any atom is 0.150 e. The van der Waals surface area contributed by atoms with E-state index >= 15 is 0 Å². The summed E-state index contributed by atoms with van der Waals surface area (Å²) in [6, 6.07) is 4.02. The van der Waals surface area contributed by atoms with Gasteiger partial charge in [0.25, 0.3) is 0 Å². The predicted octanol–water partition coefficient (Wildman–Crippen LogP) is 1.65. The fourth-order valence-electron chi connectivity index (χ4n) is 2.03. The number of ether oxygens (including phenoxy) is 1. The van der Waals surface area contributed by atoms with Gasteiger partial charge in [-0.25, -0.2) is 0 Å². The van der Waals surface area contributed by atoms with Gasteiger partial charge in [-0.2, -0.15) is 5.10 Å². The Hall–Kier alpha value is -1.16. The average Bonchev–Trinajstić information content (AvgIpc) is 2.31. The molecule has 1 unspecified atom stereocenters. The van der Waals surface area contributed by atoms with Gasteiger partial charge in [-0.1, -0.05) is 0 Å². The molecule has 0 spiro atoms. The van der Waals surface area contributed by atoms with E-state index in [1.807, 2.05) is 19.1 Å². The topological polar surface area (TPSA) is 38.2 Å². The third-order valence-electron chi connectivity index (χ3n) is 2.96. The van der Waals surface area contributed by atoms with Crippen molar-refractivity contribution in [3.05, 3.63) is 17.8 Å². The third kappa shape index (κ3) is 2.92. The van der Waals surface area contributed by atoms with Gasteiger partial charge in [-0.3, -0.25) is 0 Å². The lowest BCUT2D eigenvalue weighted by Crippen LogP contribution is -2.31. The zero-order valence-electron chi connectivity index (χ0n) is 10.0. The number of anilines is 1. The summed E-state index contributed by atoms with van der Waals surface area (Å²) in [6.07, 6.45) is 2.43. The van der Waals surface area contributed by atoms with Crippen molar-refractivity contribution < 1.29 is 4.74 Å². The van der Waals surface area contributed by atoms with Gasteiger partial charge in [0, 0.05) is 20.2 Å². The van der Waals surface area contributed by atoms with E-state index in [1.165, 1.54) is 12.8 Å². The number of nitrogens with zero attached hydrogens (tertiary/aromatic N) is 3. The fraction of sp³-hybridized carbons (Fsp3) is 0.667. The number of rotatable bonds is 3. The summed E-state index contributed by atoms with van der Waals surface area (Å²) in [6.45, 7) is 4.75. The average molecular weight is 221 g/mol. The van der Waals surface area contributed by atoms with Gasteiger partial charge >= 0.3 is 0 Å². The second-order valence-electron chi connectivity index (χ2n) is 4.50. The second-order valence-corrected chi connectivity index (χ2v) is 4.50. The lowest BCUT2D eigenvalue weighted by molar-refractivity contribution is 0.0576. The van der Waals surface area contributed by atoms with E-state index < -0.39 is 0 Å². The normalized spacial score (nSPS) is 20.8. The molecule has 1 atom stereocenters. The van der Waals surface area contributed by atoms with Crippen LogP contribution in [0.5, 0.6) is 0 Å². The van der Waals surface area contributed by atoms with Crippen molar-refractivity contribution in [1.82, 2.24) is 10.2 Å². The molecule has 0 aromatic carbocycles. The Morgan fingerprint density at radius 3 is 2.94 bits per heavy atom. The second kappa shape index (κ2) is 5.25. The molecule has 0 saturated carbocycles. The summed E-state index contributed by atoms with van der Waals surface area (Å²) in [7, 11) is 2.06. The summed E-state index contributed by atoms with van der Waals surface area (Å²) < 4.78 is 5.48. The molecule has 0 amide bonds. The van der Waals surface area contributed by atoms with Crippen LogP contribution in [0.4, 0.5) is 5.82 Å². The Balaban J connectivity index is 1.91. The van der Waals surface area contributed by atoms with Crippen LogP contribution in [0.15, 0.2) is 12.1 Å². The highest BCUT2D eigenvalue weighted by atomic mass is 16.5. The molecule has 1 aromatic rings. The van der Waals surface area contributed by atoms with Crippen molar-refractivity contribution >= 4 is 5.82 Å². The zero-order valence-corrected chi connectivity index (χ0v) is 10.0. The monoisotopic (exact) mass is 221 g/mol. The van der Waals surface area contributed by atoms with E-state index in [0.29, 0.717) is 5.92 Å². The summed E-state index contributed by atoms with van der Waals surface area (Å²) >= 11 is 0. The highest BCUT2D eigenvalue weighted by Crippen LogP contribution is 2.17.